The lowest BCUT2D eigenvalue weighted by molar-refractivity contribution is 0.468. The molecule has 0 bridgehead atoms. The Labute approximate surface area is 70.4 Å². The first-order valence-corrected chi connectivity index (χ1v) is 3.89. The molecule has 0 saturated heterocycles. The fourth-order valence-corrected chi connectivity index (χ4v) is 0.263. The smallest absolute Gasteiger partial charge is 0.0317 e. The van der Waals surface area contributed by atoms with Crippen molar-refractivity contribution in [2.75, 3.05) is 0 Å². The second kappa shape index (κ2) is 5.96. The van der Waals surface area contributed by atoms with Crippen LogP contribution in [0.3, 0.4) is 0 Å². The maximum atomic E-state index is 3.77. The van der Waals surface area contributed by atoms with E-state index in [1.807, 2.05) is 13.8 Å². The first kappa shape index (κ1) is 12.8. The highest BCUT2D eigenvalue weighted by Crippen LogP contribution is 2.20. The minimum Gasteiger partial charge on any atom is -0.283 e. The van der Waals surface area contributed by atoms with Gasteiger partial charge in [-0.15, -0.1) is 0 Å². The van der Waals surface area contributed by atoms with Crippen LogP contribution in [0.5, 0.6) is 0 Å². The summed E-state index contributed by atoms with van der Waals surface area (Å²) in [4.78, 5) is 0. The highest BCUT2D eigenvalue weighted by Gasteiger charge is 2.13. The molecule has 0 amide bonds. The predicted octanol–water partition coefficient (Wildman–Crippen LogP) is 2.78. The van der Waals surface area contributed by atoms with Crippen LogP contribution in [0.15, 0.2) is 17.4 Å². The summed E-state index contributed by atoms with van der Waals surface area (Å²) in [7, 11) is 0. The van der Waals surface area contributed by atoms with Crippen molar-refractivity contribution in [1.29, 1.82) is 0 Å². The molecule has 11 heavy (non-hydrogen) atoms. The summed E-state index contributed by atoms with van der Waals surface area (Å²) in [5, 5.41) is 3.50. The number of hydrogen-bond donors (Lipinski definition) is 1. The Bertz CT molecular complexity index is 120. The van der Waals surface area contributed by atoms with Crippen LogP contribution in [0, 0.1) is 5.41 Å². The minimum atomic E-state index is 0.0706. The van der Waals surface area contributed by atoms with E-state index in [4.69, 9.17) is 0 Å². The molecule has 0 aromatic rings. The second-order valence-electron chi connectivity index (χ2n) is 3.00. The maximum absolute atomic E-state index is 3.77. The standard InChI is InChI=1S/C7H14N2.C2H6/c1-6(9-8-5)7(2,3)4;1-2/h9H,1,5H2,2-4H3;1-2H3. The predicted molar refractivity (Wildman–Crippen MR) is 52.6 cm³/mol. The monoisotopic (exact) mass is 156 g/mol. The molecule has 0 saturated carbocycles. The van der Waals surface area contributed by atoms with Crippen LogP contribution in [-0.4, -0.2) is 6.72 Å². The Morgan fingerprint density at radius 2 is 1.64 bits per heavy atom. The van der Waals surface area contributed by atoms with Gasteiger partial charge in [0.05, 0.1) is 0 Å². The van der Waals surface area contributed by atoms with E-state index in [0.717, 1.165) is 5.70 Å². The molecule has 0 radical (unpaired) electrons. The van der Waals surface area contributed by atoms with Crippen LogP contribution >= 0.6 is 0 Å². The molecule has 0 aromatic carbocycles. The fourth-order valence-electron chi connectivity index (χ4n) is 0.263. The van der Waals surface area contributed by atoms with Gasteiger partial charge in [0.2, 0.25) is 0 Å². The Hall–Kier alpha value is -0.790. The van der Waals surface area contributed by atoms with E-state index < -0.39 is 0 Å². The molecule has 0 unspecified atom stereocenters. The SMILES string of the molecule is C=NNC(=C)C(C)(C)C.CC. The molecule has 2 nitrogen and oxygen atoms in total. The van der Waals surface area contributed by atoms with Gasteiger partial charge in [0.15, 0.2) is 0 Å². The first-order valence-electron chi connectivity index (χ1n) is 3.89. The lowest BCUT2D eigenvalue weighted by Gasteiger charge is -2.20. The summed E-state index contributed by atoms with van der Waals surface area (Å²) >= 11 is 0. The van der Waals surface area contributed by atoms with Crippen LogP contribution in [-0.2, 0) is 0 Å². The number of rotatable bonds is 2. The Kier molecular flexibility index (Phi) is 6.96. The van der Waals surface area contributed by atoms with Crippen molar-refractivity contribution in [1.82, 2.24) is 5.43 Å². The molecule has 0 atom stereocenters. The third-order valence-electron chi connectivity index (χ3n) is 1.12. The van der Waals surface area contributed by atoms with E-state index in [2.05, 4.69) is 44.6 Å². The van der Waals surface area contributed by atoms with Gasteiger partial charge in [0.1, 0.15) is 0 Å². The Morgan fingerprint density at radius 3 is 1.73 bits per heavy atom. The Balaban J connectivity index is 0. The van der Waals surface area contributed by atoms with Gasteiger partial charge in [-0.05, 0) is 0 Å². The first-order chi connectivity index (χ1) is 4.98. The van der Waals surface area contributed by atoms with Crippen molar-refractivity contribution >= 4 is 6.72 Å². The molecule has 2 heteroatoms. The van der Waals surface area contributed by atoms with Crippen LogP contribution in [0.2, 0.25) is 0 Å². The summed E-state index contributed by atoms with van der Waals surface area (Å²) in [5.41, 5.74) is 3.66. The summed E-state index contributed by atoms with van der Waals surface area (Å²) in [5.74, 6) is 0. The van der Waals surface area contributed by atoms with E-state index in [-0.39, 0.29) is 5.41 Å². The molecule has 0 spiro atoms. The number of hydrogen-bond acceptors (Lipinski definition) is 2. The summed E-state index contributed by atoms with van der Waals surface area (Å²) in [6.45, 7) is 17.3. The zero-order valence-corrected chi connectivity index (χ0v) is 8.36. The minimum absolute atomic E-state index is 0.0706. The van der Waals surface area contributed by atoms with Crippen molar-refractivity contribution in [2.45, 2.75) is 34.6 Å². The van der Waals surface area contributed by atoms with Gasteiger partial charge in [-0.1, -0.05) is 41.2 Å². The molecule has 0 rings (SSSR count). The average molecular weight is 156 g/mol. The summed E-state index contributed by atoms with van der Waals surface area (Å²) in [6.07, 6.45) is 0. The highest BCUT2D eigenvalue weighted by molar-refractivity contribution is 5.23. The van der Waals surface area contributed by atoms with Crippen molar-refractivity contribution in [3.63, 3.8) is 0 Å². The third-order valence-corrected chi connectivity index (χ3v) is 1.12. The van der Waals surface area contributed by atoms with Crippen LogP contribution < -0.4 is 5.43 Å². The van der Waals surface area contributed by atoms with E-state index in [1.54, 1.807) is 0 Å². The molecule has 0 aliphatic carbocycles. The van der Waals surface area contributed by atoms with Gasteiger partial charge < -0.3 is 0 Å². The number of hydrazone groups is 1. The van der Waals surface area contributed by atoms with Gasteiger partial charge >= 0.3 is 0 Å². The lowest BCUT2D eigenvalue weighted by atomic mass is 9.93. The van der Waals surface area contributed by atoms with Crippen molar-refractivity contribution in [3.8, 4) is 0 Å². The lowest BCUT2D eigenvalue weighted by Crippen LogP contribution is -2.18. The zero-order valence-electron chi connectivity index (χ0n) is 8.36. The molecule has 0 fully saturated rings. The quantitative estimate of drug-likeness (QED) is 0.482. The molecule has 66 valence electrons. The van der Waals surface area contributed by atoms with Gasteiger partial charge in [-0.2, -0.15) is 5.10 Å². The zero-order chi connectivity index (χ0) is 9.49. The molecule has 0 aliphatic heterocycles. The van der Waals surface area contributed by atoms with Crippen LogP contribution in [0.25, 0.3) is 0 Å². The van der Waals surface area contributed by atoms with Crippen molar-refractivity contribution in [2.24, 2.45) is 10.5 Å². The summed E-state index contributed by atoms with van der Waals surface area (Å²) in [6, 6.07) is 0. The largest absolute Gasteiger partial charge is 0.283 e. The van der Waals surface area contributed by atoms with Crippen LogP contribution in [0.1, 0.15) is 34.6 Å². The molecule has 0 aliphatic rings. The normalized spacial score (nSPS) is 9.18. The number of allylic oxidation sites excluding steroid dienone is 1. The molecular weight excluding hydrogens is 136 g/mol. The maximum Gasteiger partial charge on any atom is 0.0317 e. The average Bonchev–Trinajstić information content (AvgIpc) is 1.91. The molecule has 0 aromatic heterocycles. The number of nitrogens with one attached hydrogen (secondary N) is 1. The molecular formula is C9H20N2. The molecule has 0 heterocycles. The van der Waals surface area contributed by atoms with E-state index in [1.165, 1.54) is 0 Å². The van der Waals surface area contributed by atoms with Crippen molar-refractivity contribution < 1.29 is 0 Å². The van der Waals surface area contributed by atoms with Crippen LogP contribution in [0.4, 0.5) is 0 Å². The number of nitrogens with zero attached hydrogens (tertiary/aromatic N) is 1. The Morgan fingerprint density at radius 1 is 1.27 bits per heavy atom. The summed E-state index contributed by atoms with van der Waals surface area (Å²) < 4.78 is 0. The van der Waals surface area contributed by atoms with E-state index in [9.17, 15) is 0 Å². The van der Waals surface area contributed by atoms with E-state index >= 15 is 0 Å². The van der Waals surface area contributed by atoms with Gasteiger partial charge in [-0.25, -0.2) is 0 Å². The molecule has 1 N–H and O–H groups in total. The second-order valence-corrected chi connectivity index (χ2v) is 3.00. The third kappa shape index (κ3) is 7.10. The fraction of sp³-hybridized carbons (Fsp3) is 0.667. The van der Waals surface area contributed by atoms with E-state index in [0.29, 0.717) is 0 Å². The van der Waals surface area contributed by atoms with Gasteiger partial charge in [0, 0.05) is 17.8 Å². The van der Waals surface area contributed by atoms with Gasteiger partial charge in [0.25, 0.3) is 0 Å². The highest BCUT2D eigenvalue weighted by atomic mass is 15.3. The topological polar surface area (TPSA) is 24.4 Å². The van der Waals surface area contributed by atoms with Gasteiger partial charge in [-0.3, -0.25) is 5.43 Å². The van der Waals surface area contributed by atoms with Crippen molar-refractivity contribution in [3.05, 3.63) is 12.3 Å².